The molecule has 0 aliphatic carbocycles. The third kappa shape index (κ3) is 9.61. The summed E-state index contributed by atoms with van der Waals surface area (Å²) in [5, 5.41) is 6.76. The molecule has 1 aromatic carbocycles. The van der Waals surface area contributed by atoms with Crippen molar-refractivity contribution in [3.05, 3.63) is 35.4 Å². The molecule has 1 amide bonds. The molecule has 30 heavy (non-hydrogen) atoms. The molecule has 7 nitrogen and oxygen atoms in total. The van der Waals surface area contributed by atoms with Crippen LogP contribution >= 0.6 is 24.0 Å². The molecule has 1 aliphatic heterocycles. The number of halogens is 1. The van der Waals surface area contributed by atoms with Gasteiger partial charge < -0.3 is 25.3 Å². The molecular formula is C22H39IN6O. The Labute approximate surface area is 199 Å². The van der Waals surface area contributed by atoms with Crippen molar-refractivity contribution in [2.45, 2.75) is 19.3 Å². The maximum Gasteiger partial charge on any atom is 0.253 e. The smallest absolute Gasteiger partial charge is 0.253 e. The number of guanidine groups is 1. The number of unbranched alkanes of at least 4 members (excludes halogenated alkanes) is 1. The third-order valence-corrected chi connectivity index (χ3v) is 5.30. The van der Waals surface area contributed by atoms with E-state index in [9.17, 15) is 4.79 Å². The quantitative estimate of drug-likeness (QED) is 0.221. The number of carbonyl (C=O) groups is 1. The molecule has 1 saturated heterocycles. The van der Waals surface area contributed by atoms with Gasteiger partial charge in [0.25, 0.3) is 5.91 Å². The van der Waals surface area contributed by atoms with E-state index in [1.54, 1.807) is 26.0 Å². The number of carbonyl (C=O) groups excluding carboxylic acids is 1. The highest BCUT2D eigenvalue weighted by Crippen LogP contribution is 2.07. The van der Waals surface area contributed by atoms with Crippen molar-refractivity contribution in [3.8, 4) is 0 Å². The highest BCUT2D eigenvalue weighted by Gasteiger charge is 2.12. The maximum atomic E-state index is 12.1. The predicted octanol–water partition coefficient (Wildman–Crippen LogP) is 1.74. The molecular weight excluding hydrogens is 491 g/mol. The van der Waals surface area contributed by atoms with Crippen LogP contribution in [0.4, 0.5) is 0 Å². The van der Waals surface area contributed by atoms with E-state index >= 15 is 0 Å². The normalized spacial score (nSPS) is 15.4. The summed E-state index contributed by atoms with van der Waals surface area (Å²) in [6.45, 7) is 7.63. The lowest BCUT2D eigenvalue weighted by molar-refractivity contribution is 0.0827. The van der Waals surface area contributed by atoms with Crippen molar-refractivity contribution in [2.24, 2.45) is 4.99 Å². The number of piperazine rings is 1. The molecule has 0 aromatic heterocycles. The van der Waals surface area contributed by atoms with Crippen LogP contribution in [0.2, 0.25) is 0 Å². The lowest BCUT2D eigenvalue weighted by atomic mass is 10.1. The van der Waals surface area contributed by atoms with Gasteiger partial charge in [-0.1, -0.05) is 12.1 Å². The topological polar surface area (TPSA) is 63.2 Å². The number of nitrogens with one attached hydrogen (secondary N) is 2. The lowest BCUT2D eigenvalue weighted by Gasteiger charge is -2.32. The van der Waals surface area contributed by atoms with Crippen molar-refractivity contribution in [2.75, 3.05) is 74.0 Å². The minimum absolute atomic E-state index is 0. The Morgan fingerprint density at radius 1 is 1.10 bits per heavy atom. The van der Waals surface area contributed by atoms with Crippen LogP contribution in [0, 0.1) is 0 Å². The number of hydrogen-bond acceptors (Lipinski definition) is 4. The molecule has 1 aromatic rings. The number of rotatable bonds is 9. The Kier molecular flexibility index (Phi) is 13.0. The first-order chi connectivity index (χ1) is 14.0. The molecule has 0 atom stereocenters. The zero-order valence-corrected chi connectivity index (χ0v) is 21.3. The van der Waals surface area contributed by atoms with Gasteiger partial charge in [-0.25, -0.2) is 0 Å². The van der Waals surface area contributed by atoms with Gasteiger partial charge in [0, 0.05) is 66.0 Å². The third-order valence-electron chi connectivity index (χ3n) is 5.30. The Bertz CT molecular complexity index is 659. The van der Waals surface area contributed by atoms with E-state index < -0.39 is 0 Å². The van der Waals surface area contributed by atoms with Crippen molar-refractivity contribution >= 4 is 35.8 Å². The van der Waals surface area contributed by atoms with Crippen LogP contribution in [-0.4, -0.2) is 101 Å². The van der Waals surface area contributed by atoms with Crippen molar-refractivity contribution in [1.82, 2.24) is 25.3 Å². The van der Waals surface area contributed by atoms with Crippen molar-refractivity contribution in [1.29, 1.82) is 0 Å². The summed E-state index contributed by atoms with van der Waals surface area (Å²) >= 11 is 0. The van der Waals surface area contributed by atoms with E-state index in [0.29, 0.717) is 0 Å². The summed E-state index contributed by atoms with van der Waals surface area (Å²) in [6.07, 6.45) is 3.20. The van der Waals surface area contributed by atoms with E-state index in [0.717, 1.165) is 43.0 Å². The second kappa shape index (κ2) is 14.6. The Hall–Kier alpha value is -1.39. The van der Waals surface area contributed by atoms with Crippen LogP contribution in [0.25, 0.3) is 0 Å². The zero-order valence-electron chi connectivity index (χ0n) is 19.0. The van der Waals surface area contributed by atoms with Crippen LogP contribution in [0.1, 0.15) is 28.8 Å². The number of aliphatic imine (C=N–C) groups is 1. The lowest BCUT2D eigenvalue weighted by Crippen LogP contribution is -2.44. The van der Waals surface area contributed by atoms with Gasteiger partial charge in [0.2, 0.25) is 0 Å². The average Bonchev–Trinajstić information content (AvgIpc) is 2.73. The fourth-order valence-corrected chi connectivity index (χ4v) is 3.40. The molecule has 2 rings (SSSR count). The molecule has 0 radical (unpaired) electrons. The minimum Gasteiger partial charge on any atom is -0.356 e. The first kappa shape index (κ1) is 26.6. The van der Waals surface area contributed by atoms with Crippen LogP contribution in [-0.2, 0) is 6.42 Å². The predicted molar refractivity (Wildman–Crippen MR) is 136 cm³/mol. The highest BCUT2D eigenvalue weighted by atomic mass is 127. The summed E-state index contributed by atoms with van der Waals surface area (Å²) < 4.78 is 0. The fraction of sp³-hybridized carbons (Fsp3) is 0.636. The zero-order chi connectivity index (χ0) is 21.1. The first-order valence-corrected chi connectivity index (χ1v) is 10.7. The Balaban J connectivity index is 0.00000450. The fourth-order valence-electron chi connectivity index (χ4n) is 3.40. The van der Waals surface area contributed by atoms with E-state index in [1.165, 1.54) is 39.1 Å². The summed E-state index contributed by atoms with van der Waals surface area (Å²) in [6, 6.07) is 7.84. The van der Waals surface area contributed by atoms with Gasteiger partial charge >= 0.3 is 0 Å². The number of nitrogens with zero attached hydrogens (tertiary/aromatic N) is 4. The molecule has 0 saturated carbocycles. The van der Waals surface area contributed by atoms with Gasteiger partial charge in [-0.15, -0.1) is 24.0 Å². The van der Waals surface area contributed by atoms with Crippen LogP contribution in [0.5, 0.6) is 0 Å². The number of amides is 1. The summed E-state index contributed by atoms with van der Waals surface area (Å²) in [7, 11) is 7.55. The molecule has 1 fully saturated rings. The summed E-state index contributed by atoms with van der Waals surface area (Å²) in [4.78, 5) is 22.9. The van der Waals surface area contributed by atoms with Gasteiger partial charge in [-0.05, 0) is 50.6 Å². The Morgan fingerprint density at radius 3 is 2.47 bits per heavy atom. The summed E-state index contributed by atoms with van der Waals surface area (Å²) in [5.41, 5.74) is 1.88. The van der Waals surface area contributed by atoms with Gasteiger partial charge in [0.05, 0.1) is 0 Å². The standard InChI is InChI=1S/C22H38N6O.HI/c1-23-22(24-11-5-6-13-28-16-14-27(4)15-17-28)25-12-10-19-8-7-9-20(18-19)21(29)26(2)3;/h7-9,18H,5-6,10-17H2,1-4H3,(H2,23,24,25);1H. The highest BCUT2D eigenvalue weighted by molar-refractivity contribution is 14.0. The number of benzene rings is 1. The average molecular weight is 530 g/mol. The molecule has 170 valence electrons. The van der Waals surface area contributed by atoms with E-state index in [-0.39, 0.29) is 29.9 Å². The molecule has 8 heteroatoms. The van der Waals surface area contributed by atoms with E-state index in [4.69, 9.17) is 0 Å². The van der Waals surface area contributed by atoms with E-state index in [1.807, 2.05) is 18.2 Å². The van der Waals surface area contributed by atoms with Crippen LogP contribution < -0.4 is 10.6 Å². The Morgan fingerprint density at radius 2 is 1.80 bits per heavy atom. The second-order valence-electron chi connectivity index (χ2n) is 7.93. The van der Waals surface area contributed by atoms with Gasteiger partial charge in [-0.2, -0.15) is 0 Å². The number of likely N-dealkylation sites (N-methyl/N-ethyl adjacent to an activating group) is 1. The molecule has 0 bridgehead atoms. The molecule has 1 heterocycles. The molecule has 1 aliphatic rings. The SMILES string of the molecule is CN=C(NCCCCN1CCN(C)CC1)NCCc1cccc(C(=O)N(C)C)c1.I. The van der Waals surface area contributed by atoms with Crippen LogP contribution in [0.15, 0.2) is 29.3 Å². The second-order valence-corrected chi connectivity index (χ2v) is 7.93. The first-order valence-electron chi connectivity index (χ1n) is 10.7. The van der Waals surface area contributed by atoms with Crippen molar-refractivity contribution < 1.29 is 4.79 Å². The van der Waals surface area contributed by atoms with Crippen LogP contribution in [0.3, 0.4) is 0 Å². The number of hydrogen-bond donors (Lipinski definition) is 2. The van der Waals surface area contributed by atoms with Gasteiger partial charge in [-0.3, -0.25) is 9.79 Å². The van der Waals surface area contributed by atoms with Crippen molar-refractivity contribution in [3.63, 3.8) is 0 Å². The molecule has 0 unspecified atom stereocenters. The van der Waals surface area contributed by atoms with E-state index in [2.05, 4.69) is 38.5 Å². The summed E-state index contributed by atoms with van der Waals surface area (Å²) in [5.74, 6) is 0.874. The maximum absolute atomic E-state index is 12.1. The van der Waals surface area contributed by atoms with Gasteiger partial charge in [0.1, 0.15) is 0 Å². The molecule has 0 spiro atoms. The van der Waals surface area contributed by atoms with Gasteiger partial charge in [0.15, 0.2) is 5.96 Å². The molecule has 2 N–H and O–H groups in total. The minimum atomic E-state index is 0. The largest absolute Gasteiger partial charge is 0.356 e. The monoisotopic (exact) mass is 530 g/mol.